The van der Waals surface area contributed by atoms with Crippen molar-refractivity contribution in [3.63, 3.8) is 0 Å². The van der Waals surface area contributed by atoms with E-state index < -0.39 is 162 Å². The summed E-state index contributed by atoms with van der Waals surface area (Å²) in [5.41, 5.74) is 0. The summed E-state index contributed by atoms with van der Waals surface area (Å²) >= 11 is 0. The van der Waals surface area contributed by atoms with E-state index in [4.69, 9.17) is 9.47 Å². The second-order valence-corrected chi connectivity index (χ2v) is 28.5. The Bertz CT molecular complexity index is 2610. The lowest BCUT2D eigenvalue weighted by atomic mass is 9.91. The van der Waals surface area contributed by atoms with Crippen LogP contribution in [-0.2, 0) is 62.2 Å². The largest absolute Gasteiger partial charge is 0.390 e. The van der Waals surface area contributed by atoms with Crippen molar-refractivity contribution in [2.45, 2.75) is 228 Å². The third-order valence-corrected chi connectivity index (χ3v) is 18.3. The van der Waals surface area contributed by atoms with Crippen LogP contribution in [0.3, 0.4) is 0 Å². The number of hydrogen-bond acceptors (Lipinski definition) is 15. The molecule has 26 heteroatoms. The number of unbranched alkanes of at least 4 members (excludes halogenated alkanes) is 1. The standard InChI is InChI=1S/C70H124N12O14/c1-24-27-30-47(14)60(84)59-64(88)73-51(26-3)66(90)75(18)41-55(83)82(31-25-2)58(50(17)96-35-29-28-32-81-33-36-95-37-34-81)63(87)74-56(45(10)11)69(93)76(19)52(38-42(4)5)62(86)71-48(15)61(85)72-49(16)65(89)77(20)53(39-43(6)7)67(91)78(21)54(40-44(8)9)68(92)79(22)57(46(12)13)70(94)80(59)23/h24-25,27,42-54,56-60,84H,2,26,28-41H2,1,3-23H3,(H,71,86)(H,72,85)(H,73,88)(H,74,87)/b27-24+/t47-,48+,49-,50-,51+,52+,53+,54+,56+,57+,58+,59-,60-/m1/s1. The first-order valence-corrected chi connectivity index (χ1v) is 34.7. The van der Waals surface area contributed by atoms with E-state index in [0.717, 1.165) is 35.9 Å². The molecule has 26 nitrogen and oxygen atoms in total. The molecule has 96 heavy (non-hydrogen) atoms. The molecule has 0 radical (unpaired) electrons. The molecule has 0 unspecified atom stereocenters. The molecule has 548 valence electrons. The van der Waals surface area contributed by atoms with Gasteiger partial charge in [-0.3, -0.25) is 57.6 Å². The lowest BCUT2D eigenvalue weighted by Gasteiger charge is -2.41. The van der Waals surface area contributed by atoms with Gasteiger partial charge >= 0.3 is 0 Å². The number of amides is 11. The van der Waals surface area contributed by atoms with Gasteiger partial charge in [0, 0.05) is 68.5 Å². The summed E-state index contributed by atoms with van der Waals surface area (Å²) in [5.74, 6) is -10.2. The molecule has 13 atom stereocenters. The molecular weight excluding hydrogens is 1230 g/mol. The van der Waals surface area contributed by atoms with Crippen molar-refractivity contribution in [2.24, 2.45) is 35.5 Å². The van der Waals surface area contributed by atoms with Crippen LogP contribution in [0, 0.1) is 35.5 Å². The summed E-state index contributed by atoms with van der Waals surface area (Å²) in [5, 5.41) is 23.3. The summed E-state index contributed by atoms with van der Waals surface area (Å²) in [6, 6.07) is -13.0. The zero-order chi connectivity index (χ0) is 73.3. The molecule has 2 aliphatic rings. The maximum Gasteiger partial charge on any atom is 0.246 e. The highest BCUT2D eigenvalue weighted by Crippen LogP contribution is 2.26. The van der Waals surface area contributed by atoms with Crippen LogP contribution in [0.4, 0.5) is 0 Å². The highest BCUT2D eigenvalue weighted by Gasteiger charge is 2.46. The van der Waals surface area contributed by atoms with Crippen molar-refractivity contribution >= 4 is 65.0 Å². The van der Waals surface area contributed by atoms with Crippen LogP contribution < -0.4 is 21.3 Å². The SMILES string of the molecule is C=CCN1C(=O)CN(C)C(=O)[C@H](CC)NC(=O)[C@@H]([C@H](O)[C@H](C)C/C=C/C)N(C)C(=O)[C@H](C(C)C)N(C)C(=O)[C@H](CC(C)C)N(C)C(=O)[C@H](CC(C)C)N(C)C(=O)[C@@H](C)NC(=O)[C@H](C)NC(=O)[C@H](CC(C)C)N(C)C(=O)[C@H](C(C)C)NC(=O)[C@@H]1[C@@H](C)OCCCCN1CCOCC1. The number of aliphatic hydroxyl groups excluding tert-OH is 1. The van der Waals surface area contributed by atoms with Gasteiger partial charge in [0.25, 0.3) is 0 Å². The summed E-state index contributed by atoms with van der Waals surface area (Å²) < 4.78 is 11.9. The predicted molar refractivity (Wildman–Crippen MR) is 370 cm³/mol. The fourth-order valence-electron chi connectivity index (χ4n) is 12.3. The molecule has 2 heterocycles. The van der Waals surface area contributed by atoms with Crippen molar-refractivity contribution in [1.29, 1.82) is 0 Å². The average molecular weight is 1360 g/mol. The van der Waals surface area contributed by atoms with Crippen LogP contribution in [-0.4, -0.2) is 277 Å². The first-order valence-electron chi connectivity index (χ1n) is 34.7. The van der Waals surface area contributed by atoms with Crippen LogP contribution in [0.25, 0.3) is 0 Å². The van der Waals surface area contributed by atoms with Gasteiger partial charge in [0.15, 0.2) is 0 Å². The third kappa shape index (κ3) is 24.8. The van der Waals surface area contributed by atoms with Crippen LogP contribution in [0.15, 0.2) is 24.8 Å². The van der Waals surface area contributed by atoms with Crippen LogP contribution in [0.2, 0.25) is 0 Å². The first-order chi connectivity index (χ1) is 44.8. The molecule has 2 fully saturated rings. The van der Waals surface area contributed by atoms with Crippen molar-refractivity contribution in [3.8, 4) is 0 Å². The Morgan fingerprint density at radius 2 is 1.07 bits per heavy atom. The number of aliphatic hydroxyl groups is 1. The van der Waals surface area contributed by atoms with E-state index in [1.807, 2.05) is 41.5 Å². The Kier molecular flexibility index (Phi) is 36.6. The van der Waals surface area contributed by atoms with E-state index in [0.29, 0.717) is 26.1 Å². The second kappa shape index (κ2) is 41.0. The van der Waals surface area contributed by atoms with Gasteiger partial charge in [0.1, 0.15) is 60.4 Å². The van der Waals surface area contributed by atoms with Gasteiger partial charge in [-0.15, -0.1) is 6.58 Å². The quantitative estimate of drug-likeness (QED) is 0.0768. The second-order valence-electron chi connectivity index (χ2n) is 28.5. The Morgan fingerprint density at radius 1 is 0.573 bits per heavy atom. The Labute approximate surface area is 574 Å². The molecule has 5 N–H and O–H groups in total. The molecular formula is C70H124N12O14. The van der Waals surface area contributed by atoms with Gasteiger partial charge in [0.2, 0.25) is 65.0 Å². The maximum absolute atomic E-state index is 15.3. The van der Waals surface area contributed by atoms with Gasteiger partial charge in [-0.05, 0) is 115 Å². The molecule has 2 aliphatic heterocycles. The lowest BCUT2D eigenvalue weighted by Crippen LogP contribution is -2.63. The predicted octanol–water partition coefficient (Wildman–Crippen LogP) is 3.30. The fourth-order valence-corrected chi connectivity index (χ4v) is 12.3. The number of rotatable bonds is 22. The number of nitrogens with one attached hydrogen (secondary N) is 4. The minimum Gasteiger partial charge on any atom is -0.390 e. The third-order valence-electron chi connectivity index (χ3n) is 18.3. The van der Waals surface area contributed by atoms with Crippen LogP contribution >= 0.6 is 0 Å². The van der Waals surface area contributed by atoms with Crippen LogP contribution in [0.5, 0.6) is 0 Å². The van der Waals surface area contributed by atoms with Crippen molar-refractivity contribution in [2.75, 3.05) is 94.8 Å². The topological polar surface area (TPSA) is 300 Å². The van der Waals surface area contributed by atoms with Gasteiger partial charge < -0.3 is 70.1 Å². The Balaban J connectivity index is 3.03. The molecule has 0 aliphatic carbocycles. The normalized spacial score (nSPS) is 26.6. The Hall–Kier alpha value is -6.51. The molecule has 0 aromatic heterocycles. The monoisotopic (exact) mass is 1360 g/mol. The molecule has 11 amide bonds. The summed E-state index contributed by atoms with van der Waals surface area (Å²) in [7, 11) is 8.47. The number of likely N-dealkylation sites (N-methyl/N-ethyl adjacent to an activating group) is 6. The number of carbonyl (C=O) groups is 11. The number of ether oxygens (including phenoxy) is 2. The van der Waals surface area contributed by atoms with Gasteiger partial charge in [-0.2, -0.15) is 0 Å². The minimum absolute atomic E-state index is 0.0152. The van der Waals surface area contributed by atoms with Gasteiger partial charge in [-0.25, -0.2) is 0 Å². The summed E-state index contributed by atoms with van der Waals surface area (Å²) in [6.07, 6.45) is 4.50. The van der Waals surface area contributed by atoms with Crippen molar-refractivity contribution in [1.82, 2.24) is 60.5 Å². The molecule has 0 aromatic carbocycles. The van der Waals surface area contributed by atoms with Crippen molar-refractivity contribution in [3.05, 3.63) is 24.8 Å². The molecule has 0 saturated carbocycles. The first kappa shape index (κ1) is 85.6. The minimum atomic E-state index is -1.65. The zero-order valence-corrected chi connectivity index (χ0v) is 62.3. The fraction of sp³-hybridized carbons (Fsp3) is 0.786. The van der Waals surface area contributed by atoms with Crippen molar-refractivity contribution < 1.29 is 67.3 Å². The van der Waals surface area contributed by atoms with E-state index in [-0.39, 0.29) is 56.6 Å². The lowest BCUT2D eigenvalue weighted by molar-refractivity contribution is -0.157. The molecule has 2 rings (SSSR count). The van der Waals surface area contributed by atoms with E-state index in [9.17, 15) is 33.9 Å². The molecule has 0 spiro atoms. The average Bonchev–Trinajstić information content (AvgIpc) is 0.812. The number of hydrogen-bond donors (Lipinski definition) is 5. The number of nitrogens with zero attached hydrogens (tertiary/aromatic N) is 8. The summed E-state index contributed by atoms with van der Waals surface area (Å²) in [6.45, 7) is 34.6. The number of allylic oxidation sites excluding steroid dienone is 2. The van der Waals surface area contributed by atoms with Crippen LogP contribution in [0.1, 0.15) is 156 Å². The van der Waals surface area contributed by atoms with Gasteiger partial charge in [0.05, 0.1) is 32.0 Å². The highest BCUT2D eigenvalue weighted by molar-refractivity contribution is 5.99. The Morgan fingerprint density at radius 3 is 1.58 bits per heavy atom. The van der Waals surface area contributed by atoms with E-state index in [2.05, 4.69) is 32.7 Å². The van der Waals surface area contributed by atoms with E-state index in [1.54, 1.807) is 67.5 Å². The summed E-state index contributed by atoms with van der Waals surface area (Å²) in [4.78, 5) is 174. The number of carbonyl (C=O) groups excluding carboxylic acids is 11. The highest BCUT2D eigenvalue weighted by atomic mass is 16.5. The molecule has 2 saturated heterocycles. The van der Waals surface area contributed by atoms with E-state index in [1.165, 1.54) is 86.7 Å². The number of morpholine rings is 1. The maximum atomic E-state index is 15.3. The van der Waals surface area contributed by atoms with E-state index >= 15 is 24.0 Å². The molecule has 0 bridgehead atoms. The van der Waals surface area contributed by atoms with Gasteiger partial charge in [-0.1, -0.05) is 101 Å². The zero-order valence-electron chi connectivity index (χ0n) is 62.3. The molecule has 0 aromatic rings. The smallest absolute Gasteiger partial charge is 0.246 e.